The molecule has 0 aliphatic rings. The first kappa shape index (κ1) is 59.1. The topological polar surface area (TPSA) is 368 Å². The molecule has 0 saturated carbocycles. The molecule has 0 aromatic heterocycles. The van der Waals surface area contributed by atoms with Crippen molar-refractivity contribution in [2.24, 2.45) is 35.7 Å². The average Bonchev–Trinajstić information content (AvgIpc) is 3.21. The molecule has 67 heavy (non-hydrogen) atoms. The zero-order valence-electron chi connectivity index (χ0n) is 35.9. The van der Waals surface area contributed by atoms with E-state index in [9.17, 15) is 65.9 Å². The maximum atomic E-state index is 13.4. The molecular formula is C39H25N7Na4O15S2. The van der Waals surface area contributed by atoms with Crippen molar-refractivity contribution in [3.63, 3.8) is 0 Å². The second kappa shape index (κ2) is 24.5. The van der Waals surface area contributed by atoms with Gasteiger partial charge in [0, 0.05) is 33.2 Å². The summed E-state index contributed by atoms with van der Waals surface area (Å²) in [6, 6.07) is 14.5. The summed E-state index contributed by atoms with van der Waals surface area (Å²) in [6.07, 6.45) is 0. The molecular weight excluding hydrogens is 963 g/mol. The van der Waals surface area contributed by atoms with Gasteiger partial charge in [-0.15, -0.1) is 10.2 Å². The van der Waals surface area contributed by atoms with E-state index in [0.717, 1.165) is 55.5 Å². The van der Waals surface area contributed by atoms with Crippen molar-refractivity contribution in [1.82, 2.24) is 0 Å². The van der Waals surface area contributed by atoms with Crippen LogP contribution in [0.25, 0.3) is 21.5 Å². The van der Waals surface area contributed by atoms with E-state index in [1.165, 1.54) is 43.5 Å². The summed E-state index contributed by atoms with van der Waals surface area (Å²) < 4.78 is 74.6. The Balaban J connectivity index is 0.00000385. The van der Waals surface area contributed by atoms with Gasteiger partial charge < -0.3 is 35.1 Å². The van der Waals surface area contributed by atoms with Gasteiger partial charge in [0.2, 0.25) is 0 Å². The first-order valence-electron chi connectivity index (χ1n) is 17.4. The number of nitrogens with zero attached hydrogens (tertiary/aromatic N) is 7. The van der Waals surface area contributed by atoms with Crippen LogP contribution in [0.5, 0.6) is 17.2 Å². The van der Waals surface area contributed by atoms with Crippen LogP contribution in [0.1, 0.15) is 27.6 Å². The van der Waals surface area contributed by atoms with E-state index in [4.69, 9.17) is 4.74 Å². The number of carbonyl (C=O) groups is 3. The minimum atomic E-state index is -5.15. The Hall–Kier alpha value is -4.06. The number of carboxylic acids is 2. The third-order valence-corrected chi connectivity index (χ3v) is 10.6. The number of ether oxygens (including phenoxy) is 1. The summed E-state index contributed by atoms with van der Waals surface area (Å²) in [5.74, 6) is -7.19. The average molecular weight is 988 g/mol. The van der Waals surface area contributed by atoms with Crippen LogP contribution in [-0.4, -0.2) is 67.8 Å². The summed E-state index contributed by atoms with van der Waals surface area (Å²) in [4.78, 5) is 37.6. The zero-order valence-corrected chi connectivity index (χ0v) is 45.6. The van der Waals surface area contributed by atoms with Crippen LogP contribution in [0, 0.1) is 0 Å². The zero-order chi connectivity index (χ0) is 46.0. The van der Waals surface area contributed by atoms with Gasteiger partial charge in [0.15, 0.2) is 11.8 Å². The summed E-state index contributed by atoms with van der Waals surface area (Å²) >= 11 is 0. The molecule has 0 aliphatic heterocycles. The SMILES string of the molecule is COc1cc(N=Nc2ccc([O-])c(C(=O)O)c2)c2cc(S(=O)(=O)O)ccc2c1N=Nc1c([O-])cc(S(=O)(=O)O)c2cc(N=C([O-])C(N=Nc3ccccc3C(=O)[O-])C(C)=O)ccc12.[Na+].[Na+].[Na+].[Na+]. The van der Waals surface area contributed by atoms with Crippen LogP contribution in [-0.2, 0) is 25.0 Å². The van der Waals surface area contributed by atoms with Crippen LogP contribution in [0.15, 0.2) is 136 Å². The van der Waals surface area contributed by atoms with E-state index in [-0.39, 0.29) is 174 Å². The summed E-state index contributed by atoms with van der Waals surface area (Å²) in [7, 11) is -8.76. The molecule has 1 atom stereocenters. The molecule has 6 aromatic carbocycles. The van der Waals surface area contributed by atoms with Gasteiger partial charge in [-0.2, -0.15) is 37.3 Å². The van der Waals surface area contributed by atoms with Gasteiger partial charge >= 0.3 is 124 Å². The van der Waals surface area contributed by atoms with Gasteiger partial charge in [-0.25, -0.2) is 4.79 Å². The van der Waals surface area contributed by atoms with Gasteiger partial charge in [0.25, 0.3) is 20.2 Å². The molecule has 6 rings (SSSR count). The molecule has 0 radical (unpaired) electrons. The molecule has 6 aromatic rings. The molecule has 28 heteroatoms. The van der Waals surface area contributed by atoms with E-state index < -0.39 is 87.8 Å². The number of azo groups is 3. The molecule has 1 unspecified atom stereocenters. The maximum absolute atomic E-state index is 13.4. The molecule has 0 fully saturated rings. The molecule has 0 spiro atoms. The van der Waals surface area contributed by atoms with Crippen LogP contribution < -0.4 is 143 Å². The van der Waals surface area contributed by atoms with Gasteiger partial charge in [-0.1, -0.05) is 41.8 Å². The molecule has 0 bridgehead atoms. The molecule has 0 heterocycles. The van der Waals surface area contributed by atoms with Crippen LogP contribution in [0.3, 0.4) is 0 Å². The van der Waals surface area contributed by atoms with Crippen molar-refractivity contribution < 1.29 is 189 Å². The number of rotatable bonds is 14. The summed E-state index contributed by atoms with van der Waals surface area (Å²) in [5, 5.41) is 82.3. The molecule has 22 nitrogen and oxygen atoms in total. The number of carboxylic acid groups (broad SMARTS) is 2. The molecule has 322 valence electrons. The van der Waals surface area contributed by atoms with Crippen molar-refractivity contribution in [2.75, 3.05) is 7.11 Å². The number of carbonyl (C=O) groups excluding carboxylic acids is 2. The predicted octanol–water partition coefficient (Wildman–Crippen LogP) is -7.32. The van der Waals surface area contributed by atoms with Gasteiger partial charge in [0.1, 0.15) is 16.3 Å². The number of fused-ring (bicyclic) bond motifs is 2. The van der Waals surface area contributed by atoms with E-state index in [1.807, 2.05) is 0 Å². The third-order valence-electron chi connectivity index (χ3n) is 8.82. The van der Waals surface area contributed by atoms with Crippen molar-refractivity contribution in [2.45, 2.75) is 22.8 Å². The number of Topliss-reactive ketones (excluding diaryl/α,β-unsaturated/α-hetero) is 1. The van der Waals surface area contributed by atoms with Crippen LogP contribution >= 0.6 is 0 Å². The Morgan fingerprint density at radius 1 is 0.627 bits per heavy atom. The smallest absolute Gasteiger partial charge is 0.872 e. The molecule has 0 saturated heterocycles. The number of hydrogen-bond acceptors (Lipinski definition) is 19. The standard InChI is InChI=1S/C39H29N7O15S2.4Na/c1-18(47)34(44-42-28-6-4-3-5-24(28)38(51)52)37(50)40-19-7-10-23-26(13-19)33(63(58,59)60)17-31(49)35(23)45-46-36-22-11-9-21(62(55,56)57)15-25(22)29(16-32(36)61-2)43-41-20-8-12-30(48)27(14-20)39(53)54;;;;/h3-17,34,48-49H,1-2H3,(H,40,50)(H,51,52)(H,53,54)(H,55,56,57)(H,58,59,60);;;;/q;4*+1/p-4. The van der Waals surface area contributed by atoms with Crippen molar-refractivity contribution >= 4 is 99.5 Å². The maximum Gasteiger partial charge on any atom is 1.00 e. The molecule has 3 N–H and O–H groups in total. The number of hydrogen-bond donors (Lipinski definition) is 3. The van der Waals surface area contributed by atoms with Crippen LogP contribution in [0.4, 0.5) is 34.1 Å². The second-order valence-corrected chi connectivity index (χ2v) is 15.7. The summed E-state index contributed by atoms with van der Waals surface area (Å²) in [5.41, 5.74) is -2.42. The Kier molecular flexibility index (Phi) is 21.6. The largest absolute Gasteiger partial charge is 1.00 e. The van der Waals surface area contributed by atoms with Gasteiger partial charge in [-0.3, -0.25) is 18.9 Å². The minimum Gasteiger partial charge on any atom is -0.872 e. The molecule has 0 amide bonds. The number of aliphatic imine (C=N–C) groups is 1. The van der Waals surface area contributed by atoms with Gasteiger partial charge in [0.05, 0.1) is 52.0 Å². The van der Waals surface area contributed by atoms with Crippen molar-refractivity contribution in [3.8, 4) is 17.2 Å². The monoisotopic (exact) mass is 987 g/mol. The molecule has 0 aliphatic carbocycles. The first-order valence-corrected chi connectivity index (χ1v) is 20.3. The predicted molar refractivity (Wildman–Crippen MR) is 212 cm³/mol. The van der Waals surface area contributed by atoms with Crippen molar-refractivity contribution in [3.05, 3.63) is 102 Å². The Bertz CT molecular complexity index is 3280. The van der Waals surface area contributed by atoms with E-state index in [1.54, 1.807) is 0 Å². The number of benzene rings is 6. The Morgan fingerprint density at radius 2 is 1.25 bits per heavy atom. The fourth-order valence-electron chi connectivity index (χ4n) is 5.88. The normalized spacial score (nSPS) is 12.3. The van der Waals surface area contributed by atoms with Crippen LogP contribution in [0.2, 0.25) is 0 Å². The fraction of sp³-hybridized carbons (Fsp3) is 0.0769. The van der Waals surface area contributed by atoms with E-state index in [2.05, 4.69) is 35.7 Å². The second-order valence-electron chi connectivity index (χ2n) is 12.9. The van der Waals surface area contributed by atoms with Crippen molar-refractivity contribution in [1.29, 1.82) is 0 Å². The number of ketones is 1. The quantitative estimate of drug-likeness (QED) is 0.0300. The first-order chi connectivity index (χ1) is 29.7. The Labute approximate surface area is 467 Å². The third kappa shape index (κ3) is 13.8. The fourth-order valence-corrected chi connectivity index (χ4v) is 7.09. The number of methoxy groups -OCH3 is 1. The van der Waals surface area contributed by atoms with Gasteiger partial charge in [-0.05, 0) is 67.4 Å². The number of aromatic carboxylic acids is 2. The van der Waals surface area contributed by atoms with E-state index in [0.29, 0.717) is 6.07 Å². The Morgan fingerprint density at radius 3 is 1.87 bits per heavy atom. The summed E-state index contributed by atoms with van der Waals surface area (Å²) in [6.45, 7) is 0.989. The minimum absolute atomic E-state index is 0. The van der Waals surface area contributed by atoms with E-state index >= 15 is 0 Å².